The van der Waals surface area contributed by atoms with Crippen LogP contribution in [-0.2, 0) is 0 Å². The van der Waals surface area contributed by atoms with Crippen molar-refractivity contribution in [2.24, 2.45) is 0 Å². The molecule has 0 saturated heterocycles. The monoisotopic (exact) mass is 259 g/mol. The molecule has 1 aliphatic carbocycles. The third kappa shape index (κ3) is 2.48. The third-order valence-corrected chi connectivity index (χ3v) is 3.86. The summed E-state index contributed by atoms with van der Waals surface area (Å²) in [5.74, 6) is 0.239. The van der Waals surface area contributed by atoms with Crippen molar-refractivity contribution in [1.82, 2.24) is 4.98 Å². The van der Waals surface area contributed by atoms with Crippen LogP contribution in [0.3, 0.4) is 0 Å². The van der Waals surface area contributed by atoms with Gasteiger partial charge in [0.05, 0.1) is 5.56 Å². The topological polar surface area (TPSA) is 63.3 Å². The van der Waals surface area contributed by atoms with Gasteiger partial charge in [-0.15, -0.1) is 0 Å². The van der Waals surface area contributed by atoms with Crippen molar-refractivity contribution in [3.8, 4) is 0 Å². The van der Waals surface area contributed by atoms with Crippen LogP contribution in [0.1, 0.15) is 60.7 Å². The third-order valence-electron chi connectivity index (χ3n) is 3.86. The van der Waals surface area contributed by atoms with E-state index in [0.29, 0.717) is 17.0 Å². The number of carbonyl (C=O) groups is 1. The molecule has 1 heterocycles. The quantitative estimate of drug-likeness (QED) is 0.829. The predicted molar refractivity (Wildman–Crippen MR) is 71.4 cm³/mol. The van der Waals surface area contributed by atoms with E-state index >= 15 is 0 Å². The van der Waals surface area contributed by atoms with Gasteiger partial charge < -0.3 is 9.52 Å². The first-order valence-corrected chi connectivity index (χ1v) is 6.88. The second-order valence-corrected chi connectivity index (χ2v) is 5.23. The summed E-state index contributed by atoms with van der Waals surface area (Å²) in [4.78, 5) is 15.4. The molecule has 100 valence electrons. The van der Waals surface area contributed by atoms with E-state index in [1.54, 1.807) is 18.2 Å². The number of aromatic carboxylic acids is 1. The molecule has 1 aromatic carbocycles. The first-order valence-electron chi connectivity index (χ1n) is 6.88. The van der Waals surface area contributed by atoms with Crippen molar-refractivity contribution in [3.63, 3.8) is 0 Å². The summed E-state index contributed by atoms with van der Waals surface area (Å²) in [6.07, 6.45) is 7.28. The van der Waals surface area contributed by atoms with Gasteiger partial charge in [0.15, 0.2) is 11.5 Å². The van der Waals surface area contributed by atoms with Crippen LogP contribution in [0.5, 0.6) is 0 Å². The average molecular weight is 259 g/mol. The van der Waals surface area contributed by atoms with Crippen LogP contribution in [0.2, 0.25) is 0 Å². The Morgan fingerprint density at radius 2 is 1.95 bits per heavy atom. The Labute approximate surface area is 111 Å². The molecule has 0 bridgehead atoms. The Bertz CT molecular complexity index is 594. The Morgan fingerprint density at radius 1 is 1.21 bits per heavy atom. The van der Waals surface area contributed by atoms with Gasteiger partial charge in [0.1, 0.15) is 5.52 Å². The summed E-state index contributed by atoms with van der Waals surface area (Å²) in [5, 5.41) is 8.98. The van der Waals surface area contributed by atoms with Crippen LogP contribution in [0.4, 0.5) is 0 Å². The lowest BCUT2D eigenvalue weighted by atomic mass is 10.0. The number of oxazole rings is 1. The van der Waals surface area contributed by atoms with Gasteiger partial charge >= 0.3 is 5.97 Å². The van der Waals surface area contributed by atoms with E-state index < -0.39 is 5.97 Å². The van der Waals surface area contributed by atoms with E-state index in [2.05, 4.69) is 4.98 Å². The molecule has 19 heavy (non-hydrogen) atoms. The first kappa shape index (κ1) is 12.2. The predicted octanol–water partition coefficient (Wildman–Crippen LogP) is 3.96. The number of carboxylic acid groups (broad SMARTS) is 1. The minimum atomic E-state index is -0.930. The van der Waals surface area contributed by atoms with Crippen LogP contribution in [-0.4, -0.2) is 16.1 Å². The summed E-state index contributed by atoms with van der Waals surface area (Å²) < 4.78 is 5.79. The molecule has 0 atom stereocenters. The van der Waals surface area contributed by atoms with E-state index in [9.17, 15) is 4.79 Å². The van der Waals surface area contributed by atoms with Crippen LogP contribution in [0.25, 0.3) is 11.1 Å². The molecule has 4 heteroatoms. The van der Waals surface area contributed by atoms with Gasteiger partial charge in [-0.25, -0.2) is 9.78 Å². The Hall–Kier alpha value is -1.84. The van der Waals surface area contributed by atoms with Crippen LogP contribution < -0.4 is 0 Å². The molecule has 4 nitrogen and oxygen atoms in total. The highest BCUT2D eigenvalue weighted by atomic mass is 16.4. The van der Waals surface area contributed by atoms with Gasteiger partial charge in [-0.05, 0) is 31.0 Å². The lowest BCUT2D eigenvalue weighted by Crippen LogP contribution is -1.97. The lowest BCUT2D eigenvalue weighted by molar-refractivity contribution is 0.0697. The van der Waals surface area contributed by atoms with Gasteiger partial charge in [0.25, 0.3) is 0 Å². The molecule has 0 aliphatic heterocycles. The smallest absolute Gasteiger partial charge is 0.335 e. The van der Waals surface area contributed by atoms with Gasteiger partial charge in [-0.2, -0.15) is 0 Å². The van der Waals surface area contributed by atoms with Crippen molar-refractivity contribution in [1.29, 1.82) is 0 Å². The summed E-state index contributed by atoms with van der Waals surface area (Å²) >= 11 is 0. The van der Waals surface area contributed by atoms with Crippen LogP contribution in [0, 0.1) is 0 Å². The van der Waals surface area contributed by atoms with Crippen molar-refractivity contribution in [2.75, 3.05) is 0 Å². The number of benzene rings is 1. The standard InChI is InChI=1S/C15H17NO3/c17-15(18)11-7-8-13-12(9-11)16-14(19-13)10-5-3-1-2-4-6-10/h7-10H,1-6H2,(H,17,18). The fraction of sp³-hybridized carbons (Fsp3) is 0.467. The van der Waals surface area contributed by atoms with Crippen molar-refractivity contribution in [3.05, 3.63) is 29.7 Å². The first-order chi connectivity index (χ1) is 9.24. The number of nitrogens with zero attached hydrogens (tertiary/aromatic N) is 1. The lowest BCUT2D eigenvalue weighted by Gasteiger charge is -2.07. The van der Waals surface area contributed by atoms with Gasteiger partial charge in [-0.1, -0.05) is 25.7 Å². The Kier molecular flexibility index (Phi) is 3.23. The number of carboxylic acids is 1. The maximum atomic E-state index is 10.9. The molecule has 3 rings (SSSR count). The fourth-order valence-corrected chi connectivity index (χ4v) is 2.78. The molecular formula is C15H17NO3. The minimum Gasteiger partial charge on any atom is -0.478 e. The number of aromatic nitrogens is 1. The zero-order chi connectivity index (χ0) is 13.2. The maximum Gasteiger partial charge on any atom is 0.335 e. The minimum absolute atomic E-state index is 0.258. The molecule has 1 saturated carbocycles. The number of rotatable bonds is 2. The van der Waals surface area contributed by atoms with Gasteiger partial charge in [0, 0.05) is 5.92 Å². The summed E-state index contributed by atoms with van der Waals surface area (Å²) in [6, 6.07) is 4.85. The Morgan fingerprint density at radius 3 is 2.63 bits per heavy atom. The summed E-state index contributed by atoms with van der Waals surface area (Å²) in [5.41, 5.74) is 1.59. The van der Waals surface area contributed by atoms with Crippen LogP contribution in [0.15, 0.2) is 22.6 Å². The SMILES string of the molecule is O=C(O)c1ccc2oc(C3CCCCCC3)nc2c1. The van der Waals surface area contributed by atoms with Crippen LogP contribution >= 0.6 is 0 Å². The van der Waals surface area contributed by atoms with E-state index in [-0.39, 0.29) is 5.56 Å². The average Bonchev–Trinajstić information content (AvgIpc) is 2.64. The molecule has 0 unspecified atom stereocenters. The molecule has 1 aromatic heterocycles. The highest BCUT2D eigenvalue weighted by molar-refractivity contribution is 5.91. The largest absolute Gasteiger partial charge is 0.478 e. The van der Waals surface area contributed by atoms with Gasteiger partial charge in [0.2, 0.25) is 0 Å². The molecule has 1 N–H and O–H groups in total. The van der Waals surface area contributed by atoms with E-state index in [1.165, 1.54) is 25.7 Å². The maximum absolute atomic E-state index is 10.9. The van der Waals surface area contributed by atoms with Crippen molar-refractivity contribution < 1.29 is 14.3 Å². The molecule has 0 radical (unpaired) electrons. The fourth-order valence-electron chi connectivity index (χ4n) is 2.78. The second-order valence-electron chi connectivity index (χ2n) is 5.23. The molecule has 1 aliphatic rings. The molecule has 0 spiro atoms. The summed E-state index contributed by atoms with van der Waals surface area (Å²) in [7, 11) is 0. The molecule has 2 aromatic rings. The summed E-state index contributed by atoms with van der Waals surface area (Å²) in [6.45, 7) is 0. The highest BCUT2D eigenvalue weighted by Crippen LogP contribution is 2.32. The molecular weight excluding hydrogens is 242 g/mol. The van der Waals surface area contributed by atoms with E-state index in [1.807, 2.05) is 0 Å². The number of hydrogen-bond donors (Lipinski definition) is 1. The van der Waals surface area contributed by atoms with Crippen molar-refractivity contribution in [2.45, 2.75) is 44.4 Å². The number of hydrogen-bond acceptors (Lipinski definition) is 3. The molecule has 0 amide bonds. The second kappa shape index (κ2) is 5.03. The van der Waals surface area contributed by atoms with E-state index in [4.69, 9.17) is 9.52 Å². The normalized spacial score (nSPS) is 17.5. The van der Waals surface area contributed by atoms with Crippen molar-refractivity contribution >= 4 is 17.1 Å². The Balaban J connectivity index is 1.94. The highest BCUT2D eigenvalue weighted by Gasteiger charge is 2.20. The number of fused-ring (bicyclic) bond motifs is 1. The zero-order valence-corrected chi connectivity index (χ0v) is 10.8. The van der Waals surface area contributed by atoms with E-state index in [0.717, 1.165) is 18.7 Å². The zero-order valence-electron chi connectivity index (χ0n) is 10.8. The molecule has 1 fully saturated rings. The van der Waals surface area contributed by atoms with Gasteiger partial charge in [-0.3, -0.25) is 0 Å².